The second-order valence-electron chi connectivity index (χ2n) is 8.88. The number of aromatic nitrogens is 2. The highest BCUT2D eigenvalue weighted by Gasteiger charge is 2.19. The molecular weight excluding hydrogens is 440 g/mol. The number of nitrogens with one attached hydrogen (secondary N) is 2. The summed E-state index contributed by atoms with van der Waals surface area (Å²) in [5.74, 6) is 3.07. The molecule has 1 fully saturated rings. The zero-order valence-corrected chi connectivity index (χ0v) is 21.8. The van der Waals surface area contributed by atoms with Crippen LogP contribution in [0.25, 0.3) is 5.57 Å². The number of allylic oxidation sites excluding steroid dienone is 3. The van der Waals surface area contributed by atoms with Crippen molar-refractivity contribution < 1.29 is 9.47 Å². The first-order valence-electron chi connectivity index (χ1n) is 12.1. The number of piperazine rings is 1. The lowest BCUT2D eigenvalue weighted by atomic mass is 10.0. The van der Waals surface area contributed by atoms with Crippen LogP contribution in [-0.4, -0.2) is 61.5 Å². The van der Waals surface area contributed by atoms with Crippen LogP contribution in [0.3, 0.4) is 0 Å². The zero-order chi connectivity index (χ0) is 25.4. The molecule has 1 aliphatic rings. The summed E-state index contributed by atoms with van der Waals surface area (Å²) in [5, 5.41) is 6.85. The second-order valence-corrected chi connectivity index (χ2v) is 8.88. The Labute approximate surface area is 209 Å². The first kappa shape index (κ1) is 26.2. The molecule has 0 radical (unpaired) electrons. The second kappa shape index (κ2) is 12.4. The van der Waals surface area contributed by atoms with Crippen molar-refractivity contribution in [3.05, 3.63) is 53.6 Å². The first-order chi connectivity index (χ1) is 16.9. The largest absolute Gasteiger partial charge is 0.493 e. The maximum atomic E-state index is 5.58. The monoisotopic (exact) mass is 478 g/mol. The fraction of sp³-hybridized carbons (Fsp3) is 0.444. The molecule has 0 spiro atoms. The molecule has 8 nitrogen and oxygen atoms in total. The van der Waals surface area contributed by atoms with Gasteiger partial charge < -0.3 is 25.0 Å². The third kappa shape index (κ3) is 6.60. The Morgan fingerprint density at radius 1 is 1.31 bits per heavy atom. The molecular formula is C27H38N6O2. The third-order valence-electron chi connectivity index (χ3n) is 6.16. The number of benzene rings is 1. The van der Waals surface area contributed by atoms with Gasteiger partial charge in [0.05, 0.1) is 19.9 Å². The SMILES string of the molecule is C=N/C(=C\C=C(/C)c1ccnc(Nc2cc(OC)c(OC)c(C(C)C)c2)n1)N1CCNC(CC)C1. The van der Waals surface area contributed by atoms with Gasteiger partial charge in [-0.25, -0.2) is 15.0 Å². The minimum atomic E-state index is 0.265. The van der Waals surface area contributed by atoms with Crippen LogP contribution in [-0.2, 0) is 0 Å². The zero-order valence-electron chi connectivity index (χ0n) is 21.8. The molecule has 1 aromatic heterocycles. The average molecular weight is 479 g/mol. The Kier molecular flexibility index (Phi) is 9.25. The number of anilines is 2. The van der Waals surface area contributed by atoms with Crippen molar-refractivity contribution in [1.82, 2.24) is 20.2 Å². The first-order valence-corrected chi connectivity index (χ1v) is 12.1. The third-order valence-corrected chi connectivity index (χ3v) is 6.16. The quantitative estimate of drug-likeness (QED) is 0.368. The van der Waals surface area contributed by atoms with Crippen LogP contribution in [0.1, 0.15) is 51.3 Å². The van der Waals surface area contributed by atoms with Gasteiger partial charge in [-0.1, -0.05) is 26.8 Å². The highest BCUT2D eigenvalue weighted by Crippen LogP contribution is 2.39. The Bertz CT molecular complexity index is 1080. The van der Waals surface area contributed by atoms with E-state index in [9.17, 15) is 0 Å². The lowest BCUT2D eigenvalue weighted by Crippen LogP contribution is -2.49. The van der Waals surface area contributed by atoms with Crippen LogP contribution < -0.4 is 20.1 Å². The van der Waals surface area contributed by atoms with Gasteiger partial charge in [-0.15, -0.1) is 0 Å². The molecule has 3 rings (SSSR count). The van der Waals surface area contributed by atoms with Gasteiger partial charge in [0.25, 0.3) is 0 Å². The van der Waals surface area contributed by atoms with E-state index in [0.29, 0.717) is 17.7 Å². The van der Waals surface area contributed by atoms with Gasteiger partial charge in [-0.2, -0.15) is 0 Å². The van der Waals surface area contributed by atoms with Gasteiger partial charge in [-0.3, -0.25) is 0 Å². The molecule has 2 N–H and O–H groups in total. The van der Waals surface area contributed by atoms with E-state index in [1.807, 2.05) is 37.3 Å². The number of hydrogen-bond donors (Lipinski definition) is 2. The average Bonchev–Trinajstić information content (AvgIpc) is 2.88. The maximum absolute atomic E-state index is 5.58. The number of nitrogens with zero attached hydrogens (tertiary/aromatic N) is 4. The standard InChI is InChI=1S/C27H38N6O2/c1-8-20-17-33(14-13-29-20)25(28-5)10-9-19(4)23-11-12-30-27(32-23)31-21-15-22(18(2)3)26(35-7)24(16-21)34-6/h9-12,15-16,18,20,29H,5,8,13-14,17H2,1-4,6-7H3,(H,30,31,32)/b19-9+,25-10+. The van der Waals surface area contributed by atoms with Crippen LogP contribution >= 0.6 is 0 Å². The number of ether oxygens (including phenoxy) is 2. The summed E-state index contributed by atoms with van der Waals surface area (Å²) in [6, 6.07) is 6.32. The topological polar surface area (TPSA) is 83.9 Å². The van der Waals surface area contributed by atoms with Crippen LogP contribution in [0.5, 0.6) is 11.5 Å². The van der Waals surface area contributed by atoms with Crippen molar-refractivity contribution in [3.8, 4) is 11.5 Å². The summed E-state index contributed by atoms with van der Waals surface area (Å²) < 4.78 is 11.1. The van der Waals surface area contributed by atoms with Gasteiger partial charge in [0.1, 0.15) is 5.82 Å². The number of hydrogen-bond acceptors (Lipinski definition) is 8. The van der Waals surface area contributed by atoms with Crippen molar-refractivity contribution in [2.45, 2.75) is 46.1 Å². The lowest BCUT2D eigenvalue weighted by Gasteiger charge is -2.34. The highest BCUT2D eigenvalue weighted by molar-refractivity contribution is 5.66. The van der Waals surface area contributed by atoms with Gasteiger partial charge in [-0.05, 0) is 49.8 Å². The molecule has 188 valence electrons. The maximum Gasteiger partial charge on any atom is 0.227 e. The van der Waals surface area contributed by atoms with Crippen molar-refractivity contribution in [1.29, 1.82) is 0 Å². The predicted octanol–water partition coefficient (Wildman–Crippen LogP) is 4.99. The van der Waals surface area contributed by atoms with Crippen LogP contribution in [0.2, 0.25) is 0 Å². The molecule has 2 heterocycles. The minimum absolute atomic E-state index is 0.265. The normalized spacial score (nSPS) is 16.9. The molecule has 1 aromatic carbocycles. The number of aliphatic imine (C=N–C) groups is 1. The molecule has 1 unspecified atom stereocenters. The van der Waals surface area contributed by atoms with E-state index in [4.69, 9.17) is 14.5 Å². The molecule has 0 bridgehead atoms. The molecule has 1 saturated heterocycles. The molecule has 8 heteroatoms. The van der Waals surface area contributed by atoms with Crippen molar-refractivity contribution >= 4 is 23.9 Å². The molecule has 0 saturated carbocycles. The van der Waals surface area contributed by atoms with Gasteiger partial charge in [0.15, 0.2) is 11.5 Å². The Morgan fingerprint density at radius 3 is 2.77 bits per heavy atom. The Balaban J connectivity index is 1.82. The molecule has 0 aliphatic carbocycles. The lowest BCUT2D eigenvalue weighted by molar-refractivity contribution is 0.241. The Morgan fingerprint density at radius 2 is 2.11 bits per heavy atom. The summed E-state index contributed by atoms with van der Waals surface area (Å²) in [4.78, 5) is 15.7. The highest BCUT2D eigenvalue weighted by atomic mass is 16.5. The molecule has 0 amide bonds. The predicted molar refractivity (Wildman–Crippen MR) is 144 cm³/mol. The Hall–Kier alpha value is -3.39. The van der Waals surface area contributed by atoms with Gasteiger partial charge in [0, 0.05) is 49.2 Å². The van der Waals surface area contributed by atoms with E-state index < -0.39 is 0 Å². The van der Waals surface area contributed by atoms with Gasteiger partial charge in [0.2, 0.25) is 5.95 Å². The molecule has 35 heavy (non-hydrogen) atoms. The molecule has 1 atom stereocenters. The van der Waals surface area contributed by atoms with E-state index in [2.05, 4.69) is 53.0 Å². The van der Waals surface area contributed by atoms with E-state index in [1.54, 1.807) is 20.4 Å². The summed E-state index contributed by atoms with van der Waals surface area (Å²) in [6.07, 6.45) is 6.89. The minimum Gasteiger partial charge on any atom is -0.493 e. The summed E-state index contributed by atoms with van der Waals surface area (Å²) in [7, 11) is 3.30. The molecule has 2 aromatic rings. The van der Waals surface area contributed by atoms with E-state index >= 15 is 0 Å². The number of rotatable bonds is 10. The summed E-state index contributed by atoms with van der Waals surface area (Å²) >= 11 is 0. The van der Waals surface area contributed by atoms with E-state index in [0.717, 1.165) is 60.1 Å². The van der Waals surface area contributed by atoms with Gasteiger partial charge >= 0.3 is 0 Å². The van der Waals surface area contributed by atoms with Crippen LogP contribution in [0, 0.1) is 0 Å². The van der Waals surface area contributed by atoms with E-state index in [-0.39, 0.29) is 5.92 Å². The smallest absolute Gasteiger partial charge is 0.227 e. The summed E-state index contributed by atoms with van der Waals surface area (Å²) in [5.41, 5.74) is 3.73. The van der Waals surface area contributed by atoms with Crippen LogP contribution in [0.4, 0.5) is 11.6 Å². The van der Waals surface area contributed by atoms with Crippen molar-refractivity contribution in [2.24, 2.45) is 4.99 Å². The van der Waals surface area contributed by atoms with Crippen molar-refractivity contribution in [3.63, 3.8) is 0 Å². The van der Waals surface area contributed by atoms with Crippen molar-refractivity contribution in [2.75, 3.05) is 39.2 Å². The summed E-state index contributed by atoms with van der Waals surface area (Å²) in [6.45, 7) is 15.0. The fourth-order valence-corrected chi connectivity index (χ4v) is 4.11. The van der Waals surface area contributed by atoms with Crippen LogP contribution in [0.15, 0.2) is 47.4 Å². The fourth-order valence-electron chi connectivity index (χ4n) is 4.11. The molecule has 1 aliphatic heterocycles. The number of methoxy groups -OCH3 is 2. The van der Waals surface area contributed by atoms with E-state index in [1.165, 1.54) is 0 Å².